The molecule has 1 amide bonds. The molecule has 1 unspecified atom stereocenters. The summed E-state index contributed by atoms with van der Waals surface area (Å²) in [7, 11) is 2.50. The molecule has 0 fully saturated rings. The Morgan fingerprint density at radius 2 is 1.50 bits per heavy atom. The van der Waals surface area contributed by atoms with E-state index < -0.39 is 11.9 Å². The summed E-state index contributed by atoms with van der Waals surface area (Å²) in [4.78, 5) is 36.3. The molecule has 0 radical (unpaired) electrons. The molecule has 0 aromatic heterocycles. The highest BCUT2D eigenvalue weighted by Crippen LogP contribution is 2.16. The smallest absolute Gasteiger partial charge is 0.325 e. The molecule has 0 rings (SSSR count). The van der Waals surface area contributed by atoms with E-state index in [0.717, 1.165) is 19.3 Å². The summed E-state index contributed by atoms with van der Waals surface area (Å²) in [5.41, 5.74) is 0. The highest BCUT2D eigenvalue weighted by Gasteiger charge is 2.26. The quantitative estimate of drug-likeness (QED) is 0.599. The first kappa shape index (κ1) is 18.4. The Morgan fingerprint density at radius 3 is 1.85 bits per heavy atom. The second-order valence-corrected chi connectivity index (χ2v) is 4.59. The second-order valence-electron chi connectivity index (χ2n) is 4.59. The zero-order chi connectivity index (χ0) is 15.5. The maximum atomic E-state index is 12.4. The van der Waals surface area contributed by atoms with E-state index in [2.05, 4.69) is 16.4 Å². The fraction of sp³-hybridized carbons (Fsp3) is 0.786. The van der Waals surface area contributed by atoms with Gasteiger partial charge in [0.1, 0.15) is 13.1 Å². The van der Waals surface area contributed by atoms with Gasteiger partial charge in [-0.05, 0) is 12.8 Å². The van der Waals surface area contributed by atoms with Gasteiger partial charge in [0.25, 0.3) is 0 Å². The maximum absolute atomic E-state index is 12.4. The van der Waals surface area contributed by atoms with Crippen molar-refractivity contribution in [1.29, 1.82) is 0 Å². The average Bonchev–Trinajstić information content (AvgIpc) is 2.46. The molecular weight excluding hydrogens is 262 g/mol. The van der Waals surface area contributed by atoms with Crippen LogP contribution in [0, 0.1) is 5.92 Å². The normalized spacial score (nSPS) is 11.6. The Bertz CT molecular complexity index is 312. The molecule has 0 saturated carbocycles. The van der Waals surface area contributed by atoms with Crippen LogP contribution in [0.3, 0.4) is 0 Å². The summed E-state index contributed by atoms with van der Waals surface area (Å²) in [6.07, 6.45) is 3.37. The van der Waals surface area contributed by atoms with E-state index in [0.29, 0.717) is 6.42 Å². The fourth-order valence-electron chi connectivity index (χ4n) is 1.86. The number of methoxy groups -OCH3 is 2. The molecule has 0 heterocycles. The van der Waals surface area contributed by atoms with E-state index in [1.54, 1.807) is 0 Å². The van der Waals surface area contributed by atoms with Crippen LogP contribution >= 0.6 is 0 Å². The molecule has 20 heavy (non-hydrogen) atoms. The van der Waals surface area contributed by atoms with Crippen molar-refractivity contribution in [3.05, 3.63) is 0 Å². The topological polar surface area (TPSA) is 72.9 Å². The average molecular weight is 287 g/mol. The van der Waals surface area contributed by atoms with Crippen molar-refractivity contribution in [3.8, 4) is 0 Å². The van der Waals surface area contributed by atoms with E-state index in [1.807, 2.05) is 6.92 Å². The molecule has 0 aromatic carbocycles. The number of nitrogens with zero attached hydrogens (tertiary/aromatic N) is 1. The second kappa shape index (κ2) is 10.2. The van der Waals surface area contributed by atoms with E-state index in [1.165, 1.54) is 19.1 Å². The van der Waals surface area contributed by atoms with Gasteiger partial charge < -0.3 is 14.4 Å². The van der Waals surface area contributed by atoms with Gasteiger partial charge in [-0.25, -0.2) is 0 Å². The van der Waals surface area contributed by atoms with Crippen LogP contribution in [0.4, 0.5) is 0 Å². The molecule has 0 aliphatic heterocycles. The minimum Gasteiger partial charge on any atom is -0.468 e. The predicted octanol–water partition coefficient (Wildman–Crippen LogP) is 1.38. The molecule has 0 N–H and O–H groups in total. The monoisotopic (exact) mass is 287 g/mol. The minimum absolute atomic E-state index is 0.177. The third-order valence-corrected chi connectivity index (χ3v) is 3.16. The molecule has 6 heteroatoms. The van der Waals surface area contributed by atoms with Crippen LogP contribution in [-0.2, 0) is 23.9 Å². The van der Waals surface area contributed by atoms with Crippen LogP contribution in [0.5, 0.6) is 0 Å². The molecule has 1 atom stereocenters. The van der Waals surface area contributed by atoms with Crippen LogP contribution in [0.15, 0.2) is 0 Å². The van der Waals surface area contributed by atoms with Crippen LogP contribution in [0.1, 0.15) is 39.5 Å². The Hall–Kier alpha value is -1.59. The summed E-state index contributed by atoms with van der Waals surface area (Å²) in [6.45, 7) is 3.52. The van der Waals surface area contributed by atoms with Crippen molar-refractivity contribution < 1.29 is 23.9 Å². The number of ether oxygens (including phenoxy) is 2. The van der Waals surface area contributed by atoms with Crippen molar-refractivity contribution in [3.63, 3.8) is 0 Å². The zero-order valence-corrected chi connectivity index (χ0v) is 12.8. The molecule has 0 aliphatic carbocycles. The van der Waals surface area contributed by atoms with E-state index in [4.69, 9.17) is 0 Å². The van der Waals surface area contributed by atoms with Crippen molar-refractivity contribution in [2.45, 2.75) is 39.5 Å². The summed E-state index contributed by atoms with van der Waals surface area (Å²) >= 11 is 0. The first-order valence-electron chi connectivity index (χ1n) is 6.92. The number of rotatable bonds is 9. The van der Waals surface area contributed by atoms with Gasteiger partial charge in [0.2, 0.25) is 5.91 Å². The van der Waals surface area contributed by atoms with Crippen LogP contribution in [0.2, 0.25) is 0 Å². The summed E-state index contributed by atoms with van der Waals surface area (Å²) in [6, 6.07) is 0. The number of esters is 2. The lowest BCUT2D eigenvalue weighted by atomic mass is 9.97. The third kappa shape index (κ3) is 6.54. The van der Waals surface area contributed by atoms with Gasteiger partial charge in [-0.15, -0.1) is 0 Å². The molecule has 6 nitrogen and oxygen atoms in total. The van der Waals surface area contributed by atoms with Gasteiger partial charge in [0, 0.05) is 5.92 Å². The van der Waals surface area contributed by atoms with E-state index in [9.17, 15) is 14.4 Å². The van der Waals surface area contributed by atoms with E-state index in [-0.39, 0.29) is 24.9 Å². The molecule has 0 aromatic rings. The molecular formula is C14H25NO5. The number of unbranched alkanes of at least 4 members (excludes halogenated alkanes) is 1. The zero-order valence-electron chi connectivity index (χ0n) is 12.8. The molecule has 0 bridgehead atoms. The lowest BCUT2D eigenvalue weighted by Gasteiger charge is -2.25. The first-order chi connectivity index (χ1) is 9.49. The lowest BCUT2D eigenvalue weighted by molar-refractivity contribution is -0.153. The maximum Gasteiger partial charge on any atom is 0.325 e. The highest BCUT2D eigenvalue weighted by molar-refractivity contribution is 5.87. The largest absolute Gasteiger partial charge is 0.468 e. The SMILES string of the molecule is CCCCC(CC)C(=O)N(CC(=O)OC)CC(=O)OC. The summed E-state index contributed by atoms with van der Waals surface area (Å²) in [5, 5.41) is 0. The lowest BCUT2D eigenvalue weighted by Crippen LogP contribution is -2.43. The summed E-state index contributed by atoms with van der Waals surface area (Å²) in [5.74, 6) is -1.47. The number of carbonyl (C=O) groups is 3. The Morgan fingerprint density at radius 1 is 1.00 bits per heavy atom. The minimum atomic E-state index is -0.549. The Kier molecular flexibility index (Phi) is 9.41. The Balaban J connectivity index is 4.82. The van der Waals surface area contributed by atoms with Gasteiger partial charge in [0.05, 0.1) is 14.2 Å². The van der Waals surface area contributed by atoms with Crippen molar-refractivity contribution in [2.24, 2.45) is 5.92 Å². The predicted molar refractivity (Wildman–Crippen MR) is 73.9 cm³/mol. The van der Waals surface area contributed by atoms with Crippen molar-refractivity contribution in [1.82, 2.24) is 4.90 Å². The molecule has 0 aliphatic rings. The molecule has 116 valence electrons. The van der Waals surface area contributed by atoms with Crippen LogP contribution in [-0.4, -0.2) is 50.1 Å². The van der Waals surface area contributed by atoms with Gasteiger partial charge >= 0.3 is 11.9 Å². The molecule has 0 spiro atoms. The number of carbonyl (C=O) groups excluding carboxylic acids is 3. The van der Waals surface area contributed by atoms with Gasteiger partial charge in [0.15, 0.2) is 0 Å². The van der Waals surface area contributed by atoms with E-state index >= 15 is 0 Å². The number of hydrogen-bond acceptors (Lipinski definition) is 5. The Labute approximate surface area is 120 Å². The first-order valence-corrected chi connectivity index (χ1v) is 6.92. The van der Waals surface area contributed by atoms with Crippen molar-refractivity contribution in [2.75, 3.05) is 27.3 Å². The van der Waals surface area contributed by atoms with Crippen LogP contribution < -0.4 is 0 Å². The fourth-order valence-corrected chi connectivity index (χ4v) is 1.86. The van der Waals surface area contributed by atoms with Crippen LogP contribution in [0.25, 0.3) is 0 Å². The van der Waals surface area contributed by atoms with Gasteiger partial charge in [-0.2, -0.15) is 0 Å². The standard InChI is InChI=1S/C14H25NO5/c1-5-7-8-11(6-2)14(18)15(9-12(16)19-3)10-13(17)20-4/h11H,5-10H2,1-4H3. The number of hydrogen-bond donors (Lipinski definition) is 0. The third-order valence-electron chi connectivity index (χ3n) is 3.16. The number of amides is 1. The summed E-state index contributed by atoms with van der Waals surface area (Å²) < 4.78 is 9.11. The van der Waals surface area contributed by atoms with Gasteiger partial charge in [-0.1, -0.05) is 26.7 Å². The highest BCUT2D eigenvalue weighted by atomic mass is 16.5. The van der Waals surface area contributed by atoms with Crippen molar-refractivity contribution >= 4 is 17.8 Å². The van der Waals surface area contributed by atoms with Gasteiger partial charge in [-0.3, -0.25) is 14.4 Å². The molecule has 0 saturated heterocycles.